The fourth-order valence-corrected chi connectivity index (χ4v) is 2.81. The summed E-state index contributed by atoms with van der Waals surface area (Å²) in [6.45, 7) is 3.87. The number of nitrogens with zero attached hydrogens (tertiary/aromatic N) is 1. The fourth-order valence-electron chi connectivity index (χ4n) is 2.81. The Morgan fingerprint density at radius 3 is 2.74 bits per heavy atom. The van der Waals surface area contributed by atoms with Gasteiger partial charge in [0.15, 0.2) is 0 Å². The van der Waals surface area contributed by atoms with E-state index in [1.165, 1.54) is 0 Å². The van der Waals surface area contributed by atoms with Crippen molar-refractivity contribution in [1.29, 1.82) is 0 Å². The highest BCUT2D eigenvalue weighted by Crippen LogP contribution is 2.19. The van der Waals surface area contributed by atoms with E-state index >= 15 is 0 Å². The average Bonchev–Trinajstić information content (AvgIpc) is 2.59. The smallest absolute Gasteiger partial charge is 0.254 e. The van der Waals surface area contributed by atoms with E-state index in [4.69, 9.17) is 5.73 Å². The Labute approximate surface area is 144 Å². The molecule has 1 aromatic carbocycles. The molecule has 0 spiro atoms. The van der Waals surface area contributed by atoms with E-state index in [1.807, 2.05) is 11.8 Å². The van der Waals surface area contributed by atoms with Crippen molar-refractivity contribution < 1.29 is 9.59 Å². The van der Waals surface area contributed by atoms with Crippen LogP contribution in [-0.2, 0) is 0 Å². The Morgan fingerprint density at radius 2 is 2.04 bits per heavy atom. The summed E-state index contributed by atoms with van der Waals surface area (Å²) in [4.78, 5) is 26.6. The van der Waals surface area contributed by atoms with Crippen molar-refractivity contribution in [3.8, 4) is 0 Å². The van der Waals surface area contributed by atoms with Crippen LogP contribution in [0.3, 0.4) is 0 Å². The molecule has 2 rings (SSSR count). The van der Waals surface area contributed by atoms with Crippen molar-refractivity contribution in [2.45, 2.75) is 38.6 Å². The van der Waals surface area contributed by atoms with Crippen molar-refractivity contribution >= 4 is 24.2 Å². The molecule has 1 atom stereocenters. The van der Waals surface area contributed by atoms with Crippen molar-refractivity contribution in [2.24, 2.45) is 5.73 Å². The van der Waals surface area contributed by atoms with Crippen LogP contribution in [0.1, 0.15) is 53.3 Å². The summed E-state index contributed by atoms with van der Waals surface area (Å²) in [5.74, 6) is -0.161. The molecule has 0 radical (unpaired) electrons. The number of carbonyl (C=O) groups is 2. The van der Waals surface area contributed by atoms with E-state index in [9.17, 15) is 9.59 Å². The Balaban J connectivity index is 0.00000264. The highest BCUT2D eigenvalue weighted by atomic mass is 35.5. The first-order valence-electron chi connectivity index (χ1n) is 8.06. The molecule has 0 aromatic heterocycles. The molecular formula is C17H26ClN3O2. The number of carbonyl (C=O) groups excluding carboxylic acids is 2. The third-order valence-corrected chi connectivity index (χ3v) is 4.07. The maximum absolute atomic E-state index is 12.7. The molecule has 6 heteroatoms. The third kappa shape index (κ3) is 4.94. The molecule has 0 bridgehead atoms. The lowest BCUT2D eigenvalue weighted by Gasteiger charge is -2.35. The molecule has 128 valence electrons. The number of piperidine rings is 1. The topological polar surface area (TPSA) is 75.4 Å². The van der Waals surface area contributed by atoms with Crippen LogP contribution in [0.15, 0.2) is 24.3 Å². The van der Waals surface area contributed by atoms with E-state index in [2.05, 4.69) is 5.32 Å². The normalized spacial score (nSPS) is 17.3. The van der Waals surface area contributed by atoms with Gasteiger partial charge in [-0.05, 0) is 43.9 Å². The molecule has 23 heavy (non-hydrogen) atoms. The van der Waals surface area contributed by atoms with Gasteiger partial charge in [0.25, 0.3) is 11.8 Å². The van der Waals surface area contributed by atoms with E-state index in [0.717, 1.165) is 32.2 Å². The van der Waals surface area contributed by atoms with E-state index < -0.39 is 0 Å². The molecule has 1 unspecified atom stereocenters. The van der Waals surface area contributed by atoms with Crippen molar-refractivity contribution in [2.75, 3.05) is 19.6 Å². The average molecular weight is 340 g/mol. The number of likely N-dealkylation sites (tertiary alicyclic amines) is 1. The molecule has 1 aromatic rings. The quantitative estimate of drug-likeness (QED) is 0.863. The third-order valence-electron chi connectivity index (χ3n) is 4.07. The maximum atomic E-state index is 12.7. The predicted molar refractivity (Wildman–Crippen MR) is 94.0 cm³/mol. The Kier molecular flexibility index (Phi) is 8.06. The summed E-state index contributed by atoms with van der Waals surface area (Å²) >= 11 is 0. The molecule has 2 amide bonds. The van der Waals surface area contributed by atoms with Gasteiger partial charge in [-0.25, -0.2) is 0 Å². The number of amides is 2. The zero-order valence-electron chi connectivity index (χ0n) is 13.6. The van der Waals surface area contributed by atoms with Gasteiger partial charge in [-0.2, -0.15) is 0 Å². The summed E-state index contributed by atoms with van der Waals surface area (Å²) < 4.78 is 0. The summed E-state index contributed by atoms with van der Waals surface area (Å²) in [6.07, 6.45) is 3.97. The van der Waals surface area contributed by atoms with Crippen LogP contribution in [0.2, 0.25) is 0 Å². The summed E-state index contributed by atoms with van der Waals surface area (Å²) in [7, 11) is 0. The van der Waals surface area contributed by atoms with Gasteiger partial charge in [0.05, 0.1) is 0 Å². The number of hydrogen-bond acceptors (Lipinski definition) is 3. The predicted octanol–water partition coefficient (Wildman–Crippen LogP) is 2.20. The number of nitrogens with two attached hydrogens (primary N) is 1. The highest BCUT2D eigenvalue weighted by molar-refractivity contribution is 5.99. The summed E-state index contributed by atoms with van der Waals surface area (Å²) in [5, 5.41) is 2.83. The van der Waals surface area contributed by atoms with Crippen LogP contribution in [0, 0.1) is 0 Å². The molecule has 3 N–H and O–H groups in total. The minimum atomic E-state index is -0.134. The van der Waals surface area contributed by atoms with Crippen LogP contribution in [0.25, 0.3) is 0 Å². The van der Waals surface area contributed by atoms with Crippen LogP contribution in [0.5, 0.6) is 0 Å². The molecule has 1 heterocycles. The summed E-state index contributed by atoms with van der Waals surface area (Å²) in [6, 6.07) is 7.05. The second-order valence-electron chi connectivity index (χ2n) is 5.72. The fraction of sp³-hybridized carbons (Fsp3) is 0.529. The first-order valence-corrected chi connectivity index (χ1v) is 8.06. The second kappa shape index (κ2) is 9.53. The van der Waals surface area contributed by atoms with Crippen molar-refractivity contribution in [3.05, 3.63) is 35.4 Å². The first-order chi connectivity index (χ1) is 10.7. The zero-order chi connectivity index (χ0) is 15.9. The minimum Gasteiger partial charge on any atom is -0.352 e. The monoisotopic (exact) mass is 339 g/mol. The highest BCUT2D eigenvalue weighted by Gasteiger charge is 2.26. The van der Waals surface area contributed by atoms with Gasteiger partial charge in [-0.15, -0.1) is 12.4 Å². The number of rotatable bonds is 5. The molecule has 1 aliphatic rings. The Hall–Kier alpha value is -1.59. The van der Waals surface area contributed by atoms with Crippen LogP contribution in [0.4, 0.5) is 0 Å². The standard InChI is InChI=1S/C17H25N3O2.ClH/c1-2-9-19-16(21)13-6-5-7-14(11-13)17(22)20-10-4-3-8-15(20)12-18;/h5-7,11,15H,2-4,8-10,12,18H2,1H3,(H,19,21);1H. The molecule has 1 fully saturated rings. The number of nitrogens with one attached hydrogen (secondary N) is 1. The van der Waals surface area contributed by atoms with Gasteiger partial charge in [0.1, 0.15) is 0 Å². The molecule has 0 saturated carbocycles. The number of halogens is 1. The molecule has 0 aliphatic carbocycles. The van der Waals surface area contributed by atoms with Crippen LogP contribution < -0.4 is 11.1 Å². The van der Waals surface area contributed by atoms with E-state index in [1.54, 1.807) is 24.3 Å². The van der Waals surface area contributed by atoms with E-state index in [-0.39, 0.29) is 30.3 Å². The molecule has 1 aliphatic heterocycles. The largest absolute Gasteiger partial charge is 0.352 e. The number of benzene rings is 1. The van der Waals surface area contributed by atoms with Crippen LogP contribution in [-0.4, -0.2) is 42.4 Å². The van der Waals surface area contributed by atoms with Crippen molar-refractivity contribution in [1.82, 2.24) is 10.2 Å². The first kappa shape index (κ1) is 19.5. The number of hydrogen-bond donors (Lipinski definition) is 2. The van der Waals surface area contributed by atoms with Crippen LogP contribution >= 0.6 is 12.4 Å². The Morgan fingerprint density at radius 1 is 1.30 bits per heavy atom. The van der Waals surface area contributed by atoms with Gasteiger partial charge in [-0.3, -0.25) is 9.59 Å². The molecule has 1 saturated heterocycles. The Bertz CT molecular complexity index is 536. The van der Waals surface area contributed by atoms with Crippen molar-refractivity contribution in [3.63, 3.8) is 0 Å². The zero-order valence-corrected chi connectivity index (χ0v) is 14.4. The van der Waals surface area contributed by atoms with Gasteiger partial charge in [0.2, 0.25) is 0 Å². The SMILES string of the molecule is CCCNC(=O)c1cccc(C(=O)N2CCCCC2CN)c1.Cl. The van der Waals surface area contributed by atoms with Gasteiger partial charge < -0.3 is 16.0 Å². The van der Waals surface area contributed by atoms with E-state index in [0.29, 0.717) is 24.2 Å². The van der Waals surface area contributed by atoms with Gasteiger partial charge in [0, 0.05) is 36.8 Å². The second-order valence-corrected chi connectivity index (χ2v) is 5.72. The lowest BCUT2D eigenvalue weighted by molar-refractivity contribution is 0.0623. The lowest BCUT2D eigenvalue weighted by Crippen LogP contribution is -2.47. The van der Waals surface area contributed by atoms with Gasteiger partial charge in [-0.1, -0.05) is 13.0 Å². The molecule has 5 nitrogen and oxygen atoms in total. The summed E-state index contributed by atoms with van der Waals surface area (Å²) in [5.41, 5.74) is 6.87. The van der Waals surface area contributed by atoms with Gasteiger partial charge >= 0.3 is 0 Å². The maximum Gasteiger partial charge on any atom is 0.254 e. The minimum absolute atomic E-state index is 0. The lowest BCUT2D eigenvalue weighted by atomic mass is 10.0. The molecular weight excluding hydrogens is 314 g/mol.